The van der Waals surface area contributed by atoms with Gasteiger partial charge < -0.3 is 29.6 Å². The minimum Gasteiger partial charge on any atom is -0.493 e. The van der Waals surface area contributed by atoms with Gasteiger partial charge in [-0.1, -0.05) is 29.8 Å². The summed E-state index contributed by atoms with van der Waals surface area (Å²) >= 11 is 0. The van der Waals surface area contributed by atoms with E-state index < -0.39 is 0 Å². The van der Waals surface area contributed by atoms with Crippen molar-refractivity contribution in [3.63, 3.8) is 0 Å². The maximum atomic E-state index is 6.16. The van der Waals surface area contributed by atoms with Crippen LogP contribution in [-0.4, -0.2) is 47.0 Å². The van der Waals surface area contributed by atoms with Gasteiger partial charge in [-0.15, -0.1) is 24.0 Å². The largest absolute Gasteiger partial charge is 0.493 e. The van der Waals surface area contributed by atoms with Crippen molar-refractivity contribution in [2.24, 2.45) is 10.9 Å². The zero-order chi connectivity index (χ0) is 22.9. The van der Waals surface area contributed by atoms with Gasteiger partial charge in [0.2, 0.25) is 5.75 Å². The van der Waals surface area contributed by atoms with Crippen molar-refractivity contribution in [1.82, 2.24) is 5.32 Å². The Morgan fingerprint density at radius 1 is 1.06 bits per heavy atom. The summed E-state index contributed by atoms with van der Waals surface area (Å²) in [4.78, 5) is 4.88. The highest BCUT2D eigenvalue weighted by atomic mass is 127. The number of benzene rings is 2. The molecule has 2 aromatic carbocycles. The zero-order valence-electron chi connectivity index (χ0n) is 20.1. The third kappa shape index (κ3) is 7.14. The molecule has 2 atom stereocenters. The summed E-state index contributed by atoms with van der Waals surface area (Å²) in [5.74, 6) is 2.76. The molecule has 1 aliphatic heterocycles. The Balaban J connectivity index is 0.00000385. The molecule has 0 bridgehead atoms. The van der Waals surface area contributed by atoms with Crippen LogP contribution in [0.15, 0.2) is 41.4 Å². The Kier molecular flexibility index (Phi) is 11.1. The zero-order valence-corrected chi connectivity index (χ0v) is 22.5. The van der Waals surface area contributed by atoms with Gasteiger partial charge in [0.25, 0.3) is 0 Å². The molecule has 0 aromatic heterocycles. The molecule has 1 aliphatic rings. The molecule has 2 aromatic rings. The van der Waals surface area contributed by atoms with E-state index in [0.717, 1.165) is 31.7 Å². The first kappa shape index (κ1) is 27.0. The van der Waals surface area contributed by atoms with Crippen LogP contribution >= 0.6 is 24.0 Å². The average Bonchev–Trinajstić information content (AvgIpc) is 2.82. The van der Waals surface area contributed by atoms with E-state index in [1.165, 1.54) is 11.1 Å². The second kappa shape index (κ2) is 13.5. The quantitative estimate of drug-likeness (QED) is 0.259. The lowest BCUT2D eigenvalue weighted by molar-refractivity contribution is -0.0250. The van der Waals surface area contributed by atoms with E-state index in [1.54, 1.807) is 21.3 Å². The second-order valence-electron chi connectivity index (χ2n) is 7.86. The number of nitrogens with zero attached hydrogens (tertiary/aromatic N) is 1. The van der Waals surface area contributed by atoms with Gasteiger partial charge in [-0.3, -0.25) is 4.99 Å². The Labute approximate surface area is 214 Å². The number of guanidine groups is 1. The standard InChI is InChI=1S/C25H35N3O4.HI/c1-6-26-25(28-20-14-21(29-3)24(31-5)22(15-20)30-4)27-16-19-8-7-13-32-23(19)18-11-9-17(2)10-12-18;/h9-12,14-15,19,23H,6-8,13,16H2,1-5H3,(H2,26,27,28);1H. The van der Waals surface area contributed by atoms with Crippen LogP contribution in [-0.2, 0) is 4.74 Å². The molecule has 0 saturated carbocycles. The van der Waals surface area contributed by atoms with Gasteiger partial charge in [0, 0.05) is 43.4 Å². The Hall–Kier alpha value is -2.20. The first-order valence-electron chi connectivity index (χ1n) is 11.1. The van der Waals surface area contributed by atoms with Crippen LogP contribution in [0.1, 0.15) is 37.0 Å². The number of anilines is 1. The predicted molar refractivity (Wildman–Crippen MR) is 144 cm³/mol. The summed E-state index contributed by atoms with van der Waals surface area (Å²) in [6.45, 7) is 6.36. The fourth-order valence-electron chi connectivity index (χ4n) is 3.96. The molecule has 0 radical (unpaired) electrons. The number of hydrogen-bond donors (Lipinski definition) is 2. The molecule has 0 spiro atoms. The van der Waals surface area contributed by atoms with Crippen molar-refractivity contribution >= 4 is 35.6 Å². The van der Waals surface area contributed by atoms with Crippen molar-refractivity contribution in [2.75, 3.05) is 46.3 Å². The Morgan fingerprint density at radius 3 is 2.30 bits per heavy atom. The SMILES string of the molecule is CCNC(=NCC1CCCOC1c1ccc(C)cc1)Nc1cc(OC)c(OC)c(OC)c1.I. The van der Waals surface area contributed by atoms with Gasteiger partial charge in [0.1, 0.15) is 0 Å². The van der Waals surface area contributed by atoms with Crippen molar-refractivity contribution < 1.29 is 18.9 Å². The van der Waals surface area contributed by atoms with Crippen molar-refractivity contribution in [3.8, 4) is 17.2 Å². The fraction of sp³-hybridized carbons (Fsp3) is 0.480. The molecule has 3 rings (SSSR count). The van der Waals surface area contributed by atoms with Crippen LogP contribution in [0.3, 0.4) is 0 Å². The van der Waals surface area contributed by atoms with E-state index >= 15 is 0 Å². The molecule has 0 amide bonds. The van der Waals surface area contributed by atoms with Crippen molar-refractivity contribution in [2.45, 2.75) is 32.8 Å². The normalized spacial score (nSPS) is 18.2. The number of halogens is 1. The van der Waals surface area contributed by atoms with Crippen LogP contribution in [0.2, 0.25) is 0 Å². The number of rotatable bonds is 8. The maximum Gasteiger partial charge on any atom is 0.203 e. The smallest absolute Gasteiger partial charge is 0.203 e. The summed E-state index contributed by atoms with van der Waals surface area (Å²) in [5, 5.41) is 6.69. The van der Waals surface area contributed by atoms with Crippen LogP contribution in [0.5, 0.6) is 17.2 Å². The predicted octanol–water partition coefficient (Wildman–Crippen LogP) is 5.18. The molecule has 0 aliphatic carbocycles. The van der Waals surface area contributed by atoms with E-state index in [4.69, 9.17) is 23.9 Å². The lowest BCUT2D eigenvalue weighted by atomic mass is 9.89. The molecule has 1 heterocycles. The lowest BCUT2D eigenvalue weighted by Crippen LogP contribution is -2.32. The number of aliphatic imine (C=N–C) groups is 1. The molecule has 8 heteroatoms. The van der Waals surface area contributed by atoms with E-state index in [9.17, 15) is 0 Å². The van der Waals surface area contributed by atoms with Gasteiger partial charge in [-0.05, 0) is 32.3 Å². The van der Waals surface area contributed by atoms with Crippen molar-refractivity contribution in [3.05, 3.63) is 47.5 Å². The average molecular weight is 569 g/mol. The monoisotopic (exact) mass is 569 g/mol. The highest BCUT2D eigenvalue weighted by molar-refractivity contribution is 14.0. The Bertz CT molecular complexity index is 880. The first-order chi connectivity index (χ1) is 15.6. The topological polar surface area (TPSA) is 73.3 Å². The summed E-state index contributed by atoms with van der Waals surface area (Å²) < 4.78 is 22.5. The van der Waals surface area contributed by atoms with Gasteiger partial charge in [-0.2, -0.15) is 0 Å². The first-order valence-corrected chi connectivity index (χ1v) is 11.1. The number of hydrogen-bond acceptors (Lipinski definition) is 5. The summed E-state index contributed by atoms with van der Waals surface area (Å²) in [6.07, 6.45) is 2.21. The van der Waals surface area contributed by atoms with Gasteiger partial charge in [0.15, 0.2) is 17.5 Å². The van der Waals surface area contributed by atoms with E-state index in [1.807, 2.05) is 19.1 Å². The van der Waals surface area contributed by atoms with Crippen LogP contribution in [0.25, 0.3) is 0 Å². The van der Waals surface area contributed by atoms with E-state index in [2.05, 4.69) is 41.8 Å². The van der Waals surface area contributed by atoms with Gasteiger partial charge >= 0.3 is 0 Å². The highest BCUT2D eigenvalue weighted by Crippen LogP contribution is 2.40. The molecule has 182 valence electrons. The molecule has 1 fully saturated rings. The maximum absolute atomic E-state index is 6.16. The molecule has 2 N–H and O–H groups in total. The second-order valence-corrected chi connectivity index (χ2v) is 7.86. The number of nitrogens with one attached hydrogen (secondary N) is 2. The molecule has 2 unspecified atom stereocenters. The van der Waals surface area contributed by atoms with E-state index in [0.29, 0.717) is 35.7 Å². The molecule has 33 heavy (non-hydrogen) atoms. The summed E-state index contributed by atoms with van der Waals surface area (Å²) in [6, 6.07) is 12.4. The molecule has 7 nitrogen and oxygen atoms in total. The summed E-state index contributed by atoms with van der Waals surface area (Å²) in [5.41, 5.74) is 3.27. The van der Waals surface area contributed by atoms with Gasteiger partial charge in [-0.25, -0.2) is 0 Å². The number of methoxy groups -OCH3 is 3. The minimum atomic E-state index is 0. The Morgan fingerprint density at radius 2 is 1.73 bits per heavy atom. The third-order valence-electron chi connectivity index (χ3n) is 5.61. The van der Waals surface area contributed by atoms with Crippen LogP contribution < -0.4 is 24.8 Å². The number of ether oxygens (including phenoxy) is 4. The molecular weight excluding hydrogens is 533 g/mol. The van der Waals surface area contributed by atoms with Crippen molar-refractivity contribution in [1.29, 1.82) is 0 Å². The summed E-state index contributed by atoms with van der Waals surface area (Å²) in [7, 11) is 4.80. The fourth-order valence-corrected chi connectivity index (χ4v) is 3.96. The molecular formula is C25H36IN3O4. The lowest BCUT2D eigenvalue weighted by Gasteiger charge is -2.31. The minimum absolute atomic E-state index is 0. The highest BCUT2D eigenvalue weighted by Gasteiger charge is 2.27. The van der Waals surface area contributed by atoms with Crippen LogP contribution in [0, 0.1) is 12.8 Å². The number of aryl methyl sites for hydroxylation is 1. The molecule has 1 saturated heterocycles. The van der Waals surface area contributed by atoms with E-state index in [-0.39, 0.29) is 30.1 Å². The third-order valence-corrected chi connectivity index (χ3v) is 5.61. The van der Waals surface area contributed by atoms with Gasteiger partial charge in [0.05, 0.1) is 27.4 Å². The van der Waals surface area contributed by atoms with Crippen LogP contribution in [0.4, 0.5) is 5.69 Å².